The Bertz CT molecular complexity index is 823. The molecule has 0 aromatic heterocycles. The number of aliphatic hydroxyl groups is 2. The molecule has 2 heterocycles. The van der Waals surface area contributed by atoms with Gasteiger partial charge in [0.15, 0.2) is 0 Å². The number of hydrogen-bond acceptors (Lipinski definition) is 5. The van der Waals surface area contributed by atoms with Crippen LogP contribution in [0.25, 0.3) is 0 Å². The molecule has 1 saturated heterocycles. The lowest BCUT2D eigenvalue weighted by Crippen LogP contribution is -2.45. The van der Waals surface area contributed by atoms with Gasteiger partial charge in [-0.1, -0.05) is 12.7 Å². The molecule has 1 fully saturated rings. The lowest BCUT2D eigenvalue weighted by Gasteiger charge is -2.32. The third kappa shape index (κ3) is 5.68. The normalized spacial score (nSPS) is 25.3. The maximum absolute atomic E-state index is 13.4. The summed E-state index contributed by atoms with van der Waals surface area (Å²) in [7, 11) is 0. The van der Waals surface area contributed by atoms with Crippen LogP contribution in [0.1, 0.15) is 31.7 Å². The van der Waals surface area contributed by atoms with Gasteiger partial charge in [0.05, 0.1) is 0 Å². The lowest BCUT2D eigenvalue weighted by molar-refractivity contribution is -0.0187. The number of aliphatic hydroxyl groups excluding tert-OH is 2. The number of nitrogens with one attached hydrogen (secondary N) is 1. The van der Waals surface area contributed by atoms with Crippen molar-refractivity contribution in [2.24, 2.45) is 0 Å². The number of hydrogen-bond donors (Lipinski definition) is 3. The van der Waals surface area contributed by atoms with Crippen LogP contribution < -0.4 is 10.1 Å². The molecule has 3 N–H and O–H groups in total. The summed E-state index contributed by atoms with van der Waals surface area (Å²) in [5.74, 6) is 0.323. The quantitative estimate of drug-likeness (QED) is 0.630. The molecule has 0 amide bonds. The highest BCUT2D eigenvalue weighted by Gasteiger charge is 2.29. The molecule has 1 aromatic carbocycles. The van der Waals surface area contributed by atoms with Gasteiger partial charge in [-0.2, -0.15) is 0 Å². The number of aryl methyl sites for hydroxylation is 1. The molecule has 0 radical (unpaired) electrons. The first kappa shape index (κ1) is 22.5. The van der Waals surface area contributed by atoms with E-state index in [9.17, 15) is 19.0 Å². The third-order valence-electron chi connectivity index (χ3n) is 5.50. The number of allylic oxidation sites excluding steroid dienone is 4. The van der Waals surface area contributed by atoms with Gasteiger partial charge in [0, 0.05) is 13.1 Å². The number of ether oxygens (including phenoxy) is 2. The minimum Gasteiger partial charge on any atom is -0.488 e. The Hall–Kier alpha value is -2.22. The Morgan fingerprint density at radius 3 is 2.53 bits per heavy atom. The first-order valence-electron chi connectivity index (χ1n) is 10.3. The van der Waals surface area contributed by atoms with Crippen LogP contribution in [-0.4, -0.2) is 47.7 Å². The van der Waals surface area contributed by atoms with Crippen LogP contribution in [0.4, 0.5) is 8.78 Å². The molecule has 4 atom stereocenters. The fourth-order valence-electron chi connectivity index (χ4n) is 3.72. The summed E-state index contributed by atoms with van der Waals surface area (Å²) in [6.07, 6.45) is 2.71. The molecule has 2 aliphatic rings. The molecule has 0 spiro atoms. The van der Waals surface area contributed by atoms with E-state index >= 15 is 0 Å². The second-order valence-electron chi connectivity index (χ2n) is 7.70. The molecular weight excluding hydrogens is 392 g/mol. The van der Waals surface area contributed by atoms with E-state index in [1.165, 1.54) is 24.3 Å². The van der Waals surface area contributed by atoms with E-state index in [-0.39, 0.29) is 24.7 Å². The summed E-state index contributed by atoms with van der Waals surface area (Å²) in [5.41, 5.74) is 1.49. The maximum Gasteiger partial charge on any atom is 0.126 e. The van der Waals surface area contributed by atoms with Crippen molar-refractivity contribution in [1.29, 1.82) is 0 Å². The molecule has 1 aromatic rings. The minimum atomic E-state index is -0.793. The molecule has 30 heavy (non-hydrogen) atoms. The van der Waals surface area contributed by atoms with E-state index in [4.69, 9.17) is 9.47 Å². The van der Waals surface area contributed by atoms with Crippen LogP contribution in [0.15, 0.2) is 54.1 Å². The van der Waals surface area contributed by atoms with Gasteiger partial charge >= 0.3 is 0 Å². The zero-order chi connectivity index (χ0) is 21.7. The Morgan fingerprint density at radius 2 is 1.87 bits per heavy atom. The van der Waals surface area contributed by atoms with Gasteiger partial charge in [-0.15, -0.1) is 0 Å². The second-order valence-corrected chi connectivity index (χ2v) is 7.70. The van der Waals surface area contributed by atoms with Gasteiger partial charge in [0.2, 0.25) is 0 Å². The highest BCUT2D eigenvalue weighted by atomic mass is 19.1. The van der Waals surface area contributed by atoms with Crippen molar-refractivity contribution in [1.82, 2.24) is 5.32 Å². The summed E-state index contributed by atoms with van der Waals surface area (Å²) in [4.78, 5) is 0. The zero-order valence-corrected chi connectivity index (χ0v) is 17.1. The number of rotatable bonds is 7. The molecule has 3 rings (SSSR count). The van der Waals surface area contributed by atoms with Crippen molar-refractivity contribution in [3.63, 3.8) is 0 Å². The molecule has 0 unspecified atom stereocenters. The predicted molar refractivity (Wildman–Crippen MR) is 110 cm³/mol. The Morgan fingerprint density at radius 1 is 1.20 bits per heavy atom. The average Bonchev–Trinajstić information content (AvgIpc) is 2.74. The van der Waals surface area contributed by atoms with E-state index in [0.717, 1.165) is 5.56 Å². The van der Waals surface area contributed by atoms with Crippen molar-refractivity contribution in [3.8, 4) is 5.75 Å². The molecule has 2 aliphatic heterocycles. The fourth-order valence-corrected chi connectivity index (χ4v) is 3.72. The topological polar surface area (TPSA) is 71.0 Å². The number of halogens is 2. The van der Waals surface area contributed by atoms with Crippen LogP contribution in [0.5, 0.6) is 5.75 Å². The Kier molecular flexibility index (Phi) is 7.64. The molecule has 0 aliphatic carbocycles. The fraction of sp³-hybridized carbons (Fsp3) is 0.478. The second kappa shape index (κ2) is 10.2. The molecule has 0 saturated carbocycles. The number of benzene rings is 1. The molecule has 0 bridgehead atoms. The summed E-state index contributed by atoms with van der Waals surface area (Å²) in [5, 5.41) is 23.9. The summed E-state index contributed by atoms with van der Waals surface area (Å²) in [6, 6.07) is 4.38. The van der Waals surface area contributed by atoms with Gasteiger partial charge in [-0.25, -0.2) is 8.78 Å². The van der Waals surface area contributed by atoms with Gasteiger partial charge in [0.25, 0.3) is 0 Å². The van der Waals surface area contributed by atoms with Crippen molar-refractivity contribution < 1.29 is 28.5 Å². The SMILES string of the molecule is C=C1O[C@H]([C@H](O)CNC[C@H](O)[C@@H]2CCc3cc(F)ccc3O2)CC/C1=C/C(F)=C\C. The van der Waals surface area contributed by atoms with Crippen LogP contribution in [0.2, 0.25) is 0 Å². The van der Waals surface area contributed by atoms with E-state index < -0.39 is 24.4 Å². The van der Waals surface area contributed by atoms with E-state index in [0.29, 0.717) is 42.8 Å². The van der Waals surface area contributed by atoms with Crippen molar-refractivity contribution in [2.75, 3.05) is 13.1 Å². The van der Waals surface area contributed by atoms with E-state index in [1.807, 2.05) is 0 Å². The standard InChI is InChI=1S/C23H29F2NO4/c1-3-17(24)10-15-4-7-22(29-14(15)2)19(27)12-26-13-20(28)23-8-5-16-11-18(25)6-9-21(16)30-23/h3,6,9-11,19-20,22-23,26-28H,2,4-5,7-8,12-13H2,1H3/b15-10-,17-3+/t19-,20+,22+,23+/m1/s1. The van der Waals surface area contributed by atoms with Gasteiger partial charge in [-0.05, 0) is 68.0 Å². The van der Waals surface area contributed by atoms with Crippen molar-refractivity contribution >= 4 is 0 Å². The van der Waals surface area contributed by atoms with Crippen LogP contribution in [-0.2, 0) is 11.2 Å². The van der Waals surface area contributed by atoms with Crippen molar-refractivity contribution in [2.45, 2.75) is 57.0 Å². The third-order valence-corrected chi connectivity index (χ3v) is 5.50. The smallest absolute Gasteiger partial charge is 0.126 e. The zero-order valence-electron chi connectivity index (χ0n) is 17.1. The first-order valence-corrected chi connectivity index (χ1v) is 10.3. The maximum atomic E-state index is 13.4. The largest absolute Gasteiger partial charge is 0.488 e. The van der Waals surface area contributed by atoms with E-state index in [1.54, 1.807) is 13.0 Å². The average molecular weight is 421 g/mol. The van der Waals surface area contributed by atoms with E-state index in [2.05, 4.69) is 11.9 Å². The lowest BCUT2D eigenvalue weighted by atomic mass is 9.97. The Labute approximate surface area is 175 Å². The van der Waals surface area contributed by atoms with Crippen LogP contribution in [0.3, 0.4) is 0 Å². The first-order chi connectivity index (χ1) is 14.4. The van der Waals surface area contributed by atoms with Crippen LogP contribution >= 0.6 is 0 Å². The Balaban J connectivity index is 1.42. The van der Waals surface area contributed by atoms with Gasteiger partial charge in [0.1, 0.15) is 47.6 Å². The molecule has 5 nitrogen and oxygen atoms in total. The molecular formula is C23H29F2NO4. The highest BCUT2D eigenvalue weighted by Crippen LogP contribution is 2.30. The van der Waals surface area contributed by atoms with Gasteiger partial charge < -0.3 is 25.0 Å². The van der Waals surface area contributed by atoms with Crippen LogP contribution in [0, 0.1) is 5.82 Å². The number of fused-ring (bicyclic) bond motifs is 1. The molecule has 164 valence electrons. The molecule has 7 heteroatoms. The summed E-state index contributed by atoms with van der Waals surface area (Å²) in [6.45, 7) is 5.89. The summed E-state index contributed by atoms with van der Waals surface area (Å²) >= 11 is 0. The highest BCUT2D eigenvalue weighted by molar-refractivity contribution is 5.36. The van der Waals surface area contributed by atoms with Gasteiger partial charge in [-0.3, -0.25) is 0 Å². The minimum absolute atomic E-state index is 0.228. The van der Waals surface area contributed by atoms with Crippen molar-refractivity contribution in [3.05, 3.63) is 65.5 Å². The summed E-state index contributed by atoms with van der Waals surface area (Å²) < 4.78 is 38.2. The monoisotopic (exact) mass is 421 g/mol. The predicted octanol–water partition coefficient (Wildman–Crippen LogP) is 3.32.